The van der Waals surface area contributed by atoms with Crippen LogP contribution in [0.2, 0.25) is 0 Å². The molecule has 1 amide bonds. The molecule has 0 fully saturated rings. The second kappa shape index (κ2) is 7.50. The van der Waals surface area contributed by atoms with Gasteiger partial charge in [0.05, 0.1) is 7.11 Å². The van der Waals surface area contributed by atoms with Gasteiger partial charge in [0, 0.05) is 6.54 Å². The summed E-state index contributed by atoms with van der Waals surface area (Å²) in [6.45, 7) is 4.24. The molecular weight excluding hydrogens is 278 g/mol. The number of benzene rings is 2. The van der Waals surface area contributed by atoms with E-state index in [-0.39, 0.29) is 5.91 Å². The van der Waals surface area contributed by atoms with Crippen LogP contribution in [-0.4, -0.2) is 19.1 Å². The number of para-hydroxylation sites is 2. The zero-order valence-electron chi connectivity index (χ0n) is 13.1. The van der Waals surface area contributed by atoms with Gasteiger partial charge in [-0.2, -0.15) is 0 Å². The average Bonchev–Trinajstić information content (AvgIpc) is 2.54. The first kappa shape index (κ1) is 15.9. The topological polar surface area (TPSA) is 47.6 Å². The van der Waals surface area contributed by atoms with Crippen LogP contribution >= 0.6 is 0 Å². The predicted molar refractivity (Wildman–Crippen MR) is 86.1 cm³/mol. The van der Waals surface area contributed by atoms with Crippen molar-refractivity contribution < 1.29 is 14.3 Å². The van der Waals surface area contributed by atoms with Crippen LogP contribution in [0.15, 0.2) is 48.5 Å². The van der Waals surface area contributed by atoms with Gasteiger partial charge in [0.15, 0.2) is 17.6 Å². The fourth-order valence-electron chi connectivity index (χ4n) is 2.00. The van der Waals surface area contributed by atoms with Gasteiger partial charge < -0.3 is 14.8 Å². The summed E-state index contributed by atoms with van der Waals surface area (Å²) < 4.78 is 10.9. The van der Waals surface area contributed by atoms with Gasteiger partial charge in [0.2, 0.25) is 0 Å². The van der Waals surface area contributed by atoms with Gasteiger partial charge >= 0.3 is 0 Å². The highest BCUT2D eigenvalue weighted by molar-refractivity contribution is 5.80. The largest absolute Gasteiger partial charge is 0.493 e. The number of nitrogens with one attached hydrogen (secondary N) is 1. The molecule has 2 rings (SSSR count). The van der Waals surface area contributed by atoms with E-state index in [4.69, 9.17) is 9.47 Å². The normalized spacial score (nSPS) is 11.6. The number of rotatable bonds is 6. The van der Waals surface area contributed by atoms with Crippen LogP contribution in [0.1, 0.15) is 18.1 Å². The highest BCUT2D eigenvalue weighted by Crippen LogP contribution is 2.26. The number of ether oxygens (including phenoxy) is 2. The molecule has 0 aliphatic carbocycles. The summed E-state index contributed by atoms with van der Waals surface area (Å²) in [6.07, 6.45) is -0.596. The molecule has 22 heavy (non-hydrogen) atoms. The summed E-state index contributed by atoms with van der Waals surface area (Å²) in [6, 6.07) is 15.3. The van der Waals surface area contributed by atoms with Crippen LogP contribution in [0.4, 0.5) is 0 Å². The first-order valence-corrected chi connectivity index (χ1v) is 7.23. The molecule has 0 heterocycles. The number of hydrogen-bond acceptors (Lipinski definition) is 3. The molecule has 0 saturated heterocycles. The maximum Gasteiger partial charge on any atom is 0.261 e. The summed E-state index contributed by atoms with van der Waals surface area (Å²) in [4.78, 5) is 12.1. The molecule has 0 saturated carbocycles. The quantitative estimate of drug-likeness (QED) is 0.891. The van der Waals surface area contributed by atoms with Gasteiger partial charge in [-0.05, 0) is 31.5 Å². The van der Waals surface area contributed by atoms with E-state index in [2.05, 4.69) is 5.32 Å². The lowest BCUT2D eigenvalue weighted by atomic mass is 10.1. The minimum absolute atomic E-state index is 0.161. The fourth-order valence-corrected chi connectivity index (χ4v) is 2.00. The molecule has 1 atom stereocenters. The fraction of sp³-hybridized carbons (Fsp3) is 0.278. The van der Waals surface area contributed by atoms with E-state index in [1.807, 2.05) is 43.3 Å². The SMILES string of the molecule is COc1ccccc1O[C@H](C)C(=O)NCc1ccc(C)cc1. The van der Waals surface area contributed by atoms with E-state index in [1.165, 1.54) is 5.56 Å². The lowest BCUT2D eigenvalue weighted by Gasteiger charge is -2.16. The molecule has 1 N–H and O–H groups in total. The first-order chi connectivity index (χ1) is 10.6. The van der Waals surface area contributed by atoms with Gasteiger partial charge in [-0.1, -0.05) is 42.0 Å². The van der Waals surface area contributed by atoms with E-state index in [0.29, 0.717) is 18.0 Å². The lowest BCUT2D eigenvalue weighted by Crippen LogP contribution is -2.35. The number of methoxy groups -OCH3 is 1. The Balaban J connectivity index is 1.90. The van der Waals surface area contributed by atoms with Crippen molar-refractivity contribution in [3.05, 3.63) is 59.7 Å². The van der Waals surface area contributed by atoms with Crippen molar-refractivity contribution in [2.45, 2.75) is 26.5 Å². The molecule has 116 valence electrons. The zero-order chi connectivity index (χ0) is 15.9. The van der Waals surface area contributed by atoms with E-state index >= 15 is 0 Å². The van der Waals surface area contributed by atoms with E-state index < -0.39 is 6.10 Å². The number of aryl methyl sites for hydroxylation is 1. The van der Waals surface area contributed by atoms with Crippen LogP contribution < -0.4 is 14.8 Å². The Labute approximate surface area is 131 Å². The van der Waals surface area contributed by atoms with E-state index in [1.54, 1.807) is 26.2 Å². The maximum atomic E-state index is 12.1. The van der Waals surface area contributed by atoms with Crippen LogP contribution in [0, 0.1) is 6.92 Å². The Morgan fingerprint density at radius 3 is 2.36 bits per heavy atom. The summed E-state index contributed by atoms with van der Waals surface area (Å²) in [5, 5.41) is 2.87. The number of carbonyl (C=O) groups is 1. The molecule has 4 heteroatoms. The van der Waals surface area contributed by atoms with Crippen molar-refractivity contribution >= 4 is 5.91 Å². The summed E-state index contributed by atoms with van der Waals surface area (Å²) in [5.74, 6) is 1.01. The highest BCUT2D eigenvalue weighted by atomic mass is 16.5. The summed E-state index contributed by atoms with van der Waals surface area (Å²) in [7, 11) is 1.57. The second-order valence-electron chi connectivity index (χ2n) is 5.11. The number of carbonyl (C=O) groups excluding carboxylic acids is 1. The molecule has 0 radical (unpaired) electrons. The maximum absolute atomic E-state index is 12.1. The second-order valence-corrected chi connectivity index (χ2v) is 5.11. The smallest absolute Gasteiger partial charge is 0.261 e. The van der Waals surface area contributed by atoms with Gasteiger partial charge in [0.1, 0.15) is 0 Å². The standard InChI is InChI=1S/C18H21NO3/c1-13-8-10-15(11-9-13)12-19-18(20)14(2)22-17-7-5-4-6-16(17)21-3/h4-11,14H,12H2,1-3H3,(H,19,20)/t14-/m1/s1. The Kier molecular flexibility index (Phi) is 5.42. The number of amides is 1. The Hall–Kier alpha value is -2.49. The molecule has 0 bridgehead atoms. The van der Waals surface area contributed by atoms with Crippen molar-refractivity contribution in [2.24, 2.45) is 0 Å². The molecule has 2 aromatic rings. The van der Waals surface area contributed by atoms with Crippen LogP contribution in [0.5, 0.6) is 11.5 Å². The highest BCUT2D eigenvalue weighted by Gasteiger charge is 2.16. The Morgan fingerprint density at radius 1 is 1.09 bits per heavy atom. The lowest BCUT2D eigenvalue weighted by molar-refractivity contribution is -0.127. The monoisotopic (exact) mass is 299 g/mol. The average molecular weight is 299 g/mol. The third kappa shape index (κ3) is 4.25. The van der Waals surface area contributed by atoms with Crippen molar-refractivity contribution in [1.82, 2.24) is 5.32 Å². The first-order valence-electron chi connectivity index (χ1n) is 7.23. The Morgan fingerprint density at radius 2 is 1.73 bits per heavy atom. The summed E-state index contributed by atoms with van der Waals surface area (Å²) in [5.41, 5.74) is 2.26. The van der Waals surface area contributed by atoms with Crippen molar-refractivity contribution in [1.29, 1.82) is 0 Å². The minimum atomic E-state index is -0.596. The van der Waals surface area contributed by atoms with Crippen LogP contribution in [-0.2, 0) is 11.3 Å². The summed E-state index contributed by atoms with van der Waals surface area (Å²) >= 11 is 0. The predicted octanol–water partition coefficient (Wildman–Crippen LogP) is 3.09. The van der Waals surface area contributed by atoms with Crippen molar-refractivity contribution in [3.8, 4) is 11.5 Å². The molecule has 0 spiro atoms. The zero-order valence-corrected chi connectivity index (χ0v) is 13.1. The van der Waals surface area contributed by atoms with Gasteiger partial charge in [-0.15, -0.1) is 0 Å². The molecular formula is C18H21NO3. The van der Waals surface area contributed by atoms with E-state index in [9.17, 15) is 4.79 Å². The third-order valence-corrected chi connectivity index (χ3v) is 3.33. The Bertz CT molecular complexity index is 622. The van der Waals surface area contributed by atoms with Crippen molar-refractivity contribution in [2.75, 3.05) is 7.11 Å². The van der Waals surface area contributed by atoms with Crippen molar-refractivity contribution in [3.63, 3.8) is 0 Å². The van der Waals surface area contributed by atoms with Gasteiger partial charge in [-0.3, -0.25) is 4.79 Å². The van der Waals surface area contributed by atoms with Crippen LogP contribution in [0.25, 0.3) is 0 Å². The van der Waals surface area contributed by atoms with Crippen LogP contribution in [0.3, 0.4) is 0 Å². The molecule has 2 aromatic carbocycles. The molecule has 0 aliphatic rings. The van der Waals surface area contributed by atoms with Gasteiger partial charge in [0.25, 0.3) is 5.91 Å². The minimum Gasteiger partial charge on any atom is -0.493 e. The molecule has 4 nitrogen and oxygen atoms in total. The third-order valence-electron chi connectivity index (χ3n) is 3.33. The number of hydrogen-bond donors (Lipinski definition) is 1. The molecule has 0 unspecified atom stereocenters. The van der Waals surface area contributed by atoms with Gasteiger partial charge in [-0.25, -0.2) is 0 Å². The molecule has 0 aromatic heterocycles. The molecule has 0 aliphatic heterocycles. The van der Waals surface area contributed by atoms with E-state index in [0.717, 1.165) is 5.56 Å².